The van der Waals surface area contributed by atoms with Crippen LogP contribution in [0, 0.1) is 6.92 Å². The smallest absolute Gasteiger partial charge is 0.255 e. The van der Waals surface area contributed by atoms with Gasteiger partial charge in [-0.3, -0.25) is 9.59 Å². The third kappa shape index (κ3) is 4.25. The fourth-order valence-corrected chi connectivity index (χ4v) is 3.46. The molecule has 150 valence electrons. The molecular weight excluding hydrogens is 374 g/mol. The van der Waals surface area contributed by atoms with Gasteiger partial charge in [0.15, 0.2) is 0 Å². The molecule has 3 N–H and O–H groups in total. The minimum absolute atomic E-state index is 0.194. The van der Waals surface area contributed by atoms with Crippen LogP contribution in [0.4, 0.5) is 5.69 Å². The van der Waals surface area contributed by atoms with Gasteiger partial charge in [-0.15, -0.1) is 0 Å². The Morgan fingerprint density at radius 3 is 2.43 bits per heavy atom. The molecule has 5 nitrogen and oxygen atoms in total. The van der Waals surface area contributed by atoms with E-state index in [1.165, 1.54) is 5.39 Å². The predicted molar refractivity (Wildman–Crippen MR) is 120 cm³/mol. The second-order valence-corrected chi connectivity index (χ2v) is 7.22. The molecule has 0 aliphatic rings. The van der Waals surface area contributed by atoms with Crippen LogP contribution >= 0.6 is 0 Å². The van der Waals surface area contributed by atoms with Gasteiger partial charge in [-0.05, 0) is 54.8 Å². The Balaban J connectivity index is 1.38. The van der Waals surface area contributed by atoms with E-state index < -0.39 is 0 Å². The fourth-order valence-electron chi connectivity index (χ4n) is 3.46. The van der Waals surface area contributed by atoms with Gasteiger partial charge < -0.3 is 15.6 Å². The summed E-state index contributed by atoms with van der Waals surface area (Å²) in [6.07, 6.45) is 2.70. The first-order chi connectivity index (χ1) is 14.6. The largest absolute Gasteiger partial charge is 0.361 e. The molecule has 0 aliphatic carbocycles. The summed E-state index contributed by atoms with van der Waals surface area (Å²) in [5, 5.41) is 7.01. The number of fused-ring (bicyclic) bond motifs is 1. The Kier molecular flexibility index (Phi) is 5.61. The number of carbonyl (C=O) groups is 2. The lowest BCUT2D eigenvalue weighted by Gasteiger charge is -2.09. The molecule has 0 saturated carbocycles. The molecule has 2 amide bonds. The van der Waals surface area contributed by atoms with E-state index in [4.69, 9.17) is 0 Å². The van der Waals surface area contributed by atoms with Crippen LogP contribution in [0.15, 0.2) is 79.0 Å². The van der Waals surface area contributed by atoms with Crippen molar-refractivity contribution in [2.75, 3.05) is 11.9 Å². The van der Waals surface area contributed by atoms with Crippen LogP contribution in [0.25, 0.3) is 10.9 Å². The zero-order valence-corrected chi connectivity index (χ0v) is 16.7. The second kappa shape index (κ2) is 8.66. The summed E-state index contributed by atoms with van der Waals surface area (Å²) >= 11 is 0. The van der Waals surface area contributed by atoms with Gasteiger partial charge in [0.25, 0.3) is 11.8 Å². The van der Waals surface area contributed by atoms with Gasteiger partial charge in [-0.1, -0.05) is 42.5 Å². The molecule has 0 unspecified atom stereocenters. The van der Waals surface area contributed by atoms with Crippen molar-refractivity contribution in [3.63, 3.8) is 0 Å². The van der Waals surface area contributed by atoms with Gasteiger partial charge in [0.05, 0.1) is 0 Å². The maximum absolute atomic E-state index is 12.6. The standard InChI is InChI=1S/C25H23N3O2/c1-17-7-2-4-11-22(17)28-25(30)19-9-6-8-18(15-19)24(29)26-14-13-20-16-27-23-12-5-3-10-21(20)23/h2-12,15-16,27H,13-14H2,1H3,(H,26,29)(H,28,30). The SMILES string of the molecule is Cc1ccccc1NC(=O)c1cccc(C(=O)NCCc2c[nH]c3ccccc23)c1. The third-order valence-corrected chi connectivity index (χ3v) is 5.14. The summed E-state index contributed by atoms with van der Waals surface area (Å²) in [6, 6.07) is 22.5. The number of benzene rings is 3. The van der Waals surface area contributed by atoms with Crippen LogP contribution in [0.2, 0.25) is 0 Å². The number of aromatic amines is 1. The van der Waals surface area contributed by atoms with Gasteiger partial charge in [0.1, 0.15) is 0 Å². The number of aromatic nitrogens is 1. The van der Waals surface area contributed by atoms with Crippen LogP contribution < -0.4 is 10.6 Å². The van der Waals surface area contributed by atoms with Crippen LogP contribution in [-0.2, 0) is 6.42 Å². The minimum Gasteiger partial charge on any atom is -0.361 e. The molecule has 3 aromatic carbocycles. The van der Waals surface area contributed by atoms with Crippen molar-refractivity contribution >= 4 is 28.4 Å². The predicted octanol–water partition coefficient (Wildman–Crippen LogP) is 4.70. The van der Waals surface area contributed by atoms with Crippen LogP contribution in [0.5, 0.6) is 0 Å². The Hall–Kier alpha value is -3.86. The summed E-state index contributed by atoms with van der Waals surface area (Å²) in [7, 11) is 0. The summed E-state index contributed by atoms with van der Waals surface area (Å²) in [5.41, 5.74) is 4.91. The topological polar surface area (TPSA) is 74.0 Å². The first kappa shape index (κ1) is 19.5. The molecule has 1 aromatic heterocycles. The first-order valence-electron chi connectivity index (χ1n) is 9.92. The number of rotatable bonds is 6. The highest BCUT2D eigenvalue weighted by Gasteiger charge is 2.12. The van der Waals surface area contributed by atoms with Crippen LogP contribution in [0.1, 0.15) is 31.8 Å². The maximum Gasteiger partial charge on any atom is 0.255 e. The summed E-state index contributed by atoms with van der Waals surface area (Å²) in [6.45, 7) is 2.45. The summed E-state index contributed by atoms with van der Waals surface area (Å²) < 4.78 is 0. The van der Waals surface area contributed by atoms with Crippen molar-refractivity contribution in [2.24, 2.45) is 0 Å². The van der Waals surface area contributed by atoms with E-state index in [1.807, 2.05) is 55.6 Å². The molecule has 0 bridgehead atoms. The molecule has 4 rings (SSSR count). The average Bonchev–Trinajstić information content (AvgIpc) is 3.18. The Morgan fingerprint density at radius 2 is 1.60 bits per heavy atom. The van der Waals surface area contributed by atoms with Gasteiger partial charge in [-0.2, -0.15) is 0 Å². The number of hydrogen-bond acceptors (Lipinski definition) is 2. The first-order valence-corrected chi connectivity index (χ1v) is 9.92. The zero-order chi connectivity index (χ0) is 20.9. The minimum atomic E-state index is -0.238. The average molecular weight is 397 g/mol. The molecule has 1 heterocycles. The molecule has 0 aliphatic heterocycles. The van der Waals surface area contributed by atoms with E-state index in [0.717, 1.165) is 28.8 Å². The van der Waals surface area contributed by atoms with Crippen molar-refractivity contribution in [1.29, 1.82) is 0 Å². The molecule has 5 heteroatoms. The lowest BCUT2D eigenvalue weighted by atomic mass is 10.1. The highest BCUT2D eigenvalue weighted by Crippen LogP contribution is 2.18. The third-order valence-electron chi connectivity index (χ3n) is 5.14. The highest BCUT2D eigenvalue weighted by atomic mass is 16.2. The van der Waals surface area contributed by atoms with Crippen molar-refractivity contribution in [1.82, 2.24) is 10.3 Å². The monoisotopic (exact) mass is 397 g/mol. The molecular formula is C25H23N3O2. The molecule has 30 heavy (non-hydrogen) atoms. The normalized spacial score (nSPS) is 10.7. The Labute approximate surface area is 175 Å². The van der Waals surface area contributed by atoms with Crippen LogP contribution in [0.3, 0.4) is 0 Å². The lowest BCUT2D eigenvalue weighted by Crippen LogP contribution is -2.26. The van der Waals surface area contributed by atoms with E-state index in [9.17, 15) is 9.59 Å². The lowest BCUT2D eigenvalue weighted by molar-refractivity contribution is 0.0954. The number of para-hydroxylation sites is 2. The Bertz CT molecular complexity index is 1210. The van der Waals surface area contributed by atoms with Gasteiger partial charge in [0, 0.05) is 40.5 Å². The fraction of sp³-hybridized carbons (Fsp3) is 0.120. The summed E-state index contributed by atoms with van der Waals surface area (Å²) in [5.74, 6) is -0.432. The van der Waals surface area contributed by atoms with E-state index in [0.29, 0.717) is 17.7 Å². The van der Waals surface area contributed by atoms with Crippen molar-refractivity contribution in [3.05, 3.63) is 101 Å². The number of H-pyrrole nitrogens is 1. The number of anilines is 1. The zero-order valence-electron chi connectivity index (χ0n) is 16.7. The Morgan fingerprint density at radius 1 is 0.867 bits per heavy atom. The van der Waals surface area contributed by atoms with Gasteiger partial charge in [-0.25, -0.2) is 0 Å². The van der Waals surface area contributed by atoms with E-state index >= 15 is 0 Å². The second-order valence-electron chi connectivity index (χ2n) is 7.22. The van der Waals surface area contributed by atoms with Gasteiger partial charge >= 0.3 is 0 Å². The van der Waals surface area contributed by atoms with E-state index in [1.54, 1.807) is 24.3 Å². The maximum atomic E-state index is 12.6. The molecule has 0 atom stereocenters. The molecule has 0 fully saturated rings. The number of hydrogen-bond donors (Lipinski definition) is 3. The quantitative estimate of drug-likeness (QED) is 0.441. The van der Waals surface area contributed by atoms with Crippen molar-refractivity contribution in [2.45, 2.75) is 13.3 Å². The van der Waals surface area contributed by atoms with Crippen molar-refractivity contribution < 1.29 is 9.59 Å². The molecule has 4 aromatic rings. The molecule has 0 saturated heterocycles. The molecule has 0 spiro atoms. The number of amides is 2. The number of carbonyl (C=O) groups excluding carboxylic acids is 2. The van der Waals surface area contributed by atoms with E-state index in [2.05, 4.69) is 21.7 Å². The van der Waals surface area contributed by atoms with Gasteiger partial charge in [0.2, 0.25) is 0 Å². The highest BCUT2D eigenvalue weighted by molar-refractivity contribution is 6.06. The molecule has 0 radical (unpaired) electrons. The van der Waals surface area contributed by atoms with Crippen molar-refractivity contribution in [3.8, 4) is 0 Å². The van der Waals surface area contributed by atoms with Crippen LogP contribution in [-0.4, -0.2) is 23.3 Å². The number of nitrogens with one attached hydrogen (secondary N) is 3. The van der Waals surface area contributed by atoms with E-state index in [-0.39, 0.29) is 11.8 Å². The summed E-state index contributed by atoms with van der Waals surface area (Å²) in [4.78, 5) is 28.4. The number of aryl methyl sites for hydroxylation is 1.